The van der Waals surface area contributed by atoms with Gasteiger partial charge in [-0.2, -0.15) is 0 Å². The Morgan fingerprint density at radius 1 is 1.19 bits per heavy atom. The fraction of sp³-hybridized carbons (Fsp3) is 0.150. The molecular formula is C20H18N4O2. The van der Waals surface area contributed by atoms with Crippen molar-refractivity contribution in [2.75, 3.05) is 6.54 Å². The number of aromatic nitrogens is 3. The first-order valence-electron chi connectivity index (χ1n) is 8.45. The van der Waals surface area contributed by atoms with E-state index < -0.39 is 0 Å². The Kier molecular flexibility index (Phi) is 4.23. The molecule has 0 saturated heterocycles. The van der Waals surface area contributed by atoms with E-state index >= 15 is 0 Å². The number of aromatic amines is 1. The predicted octanol–water partition coefficient (Wildman–Crippen LogP) is 3.50. The van der Waals surface area contributed by atoms with Gasteiger partial charge in [0.05, 0.1) is 5.69 Å². The molecular weight excluding hydrogens is 328 g/mol. The summed E-state index contributed by atoms with van der Waals surface area (Å²) in [5, 5.41) is 8.14. The van der Waals surface area contributed by atoms with E-state index in [0.717, 1.165) is 11.9 Å². The Hall–Kier alpha value is -3.41. The van der Waals surface area contributed by atoms with E-state index in [0.29, 0.717) is 29.3 Å². The molecule has 3 aromatic heterocycles. The Labute approximate surface area is 150 Å². The van der Waals surface area contributed by atoms with Gasteiger partial charge < -0.3 is 14.8 Å². The lowest BCUT2D eigenvalue weighted by Gasteiger charge is -2.05. The van der Waals surface area contributed by atoms with Crippen LogP contribution in [0.3, 0.4) is 0 Å². The summed E-state index contributed by atoms with van der Waals surface area (Å²) in [6.07, 6.45) is 4.39. The number of carbonyl (C=O) groups is 1. The predicted molar refractivity (Wildman–Crippen MR) is 98.8 cm³/mol. The van der Waals surface area contributed by atoms with Gasteiger partial charge in [-0.05, 0) is 37.1 Å². The molecule has 130 valence electrons. The summed E-state index contributed by atoms with van der Waals surface area (Å²) in [5.74, 6) is 0.277. The third-order valence-corrected chi connectivity index (χ3v) is 4.35. The molecule has 1 amide bonds. The summed E-state index contributed by atoms with van der Waals surface area (Å²) in [6, 6.07) is 13.6. The molecule has 0 atom stereocenters. The lowest BCUT2D eigenvalue weighted by molar-refractivity contribution is 0.0953. The standard InChI is InChI=1S/C20H18N4O2/c1-13-18(19(24-26-13)17-8-4-5-10-21-17)20(25)22-11-9-14-12-23-16-7-3-2-6-15(14)16/h2-8,10,12,23H,9,11H2,1H3,(H,22,25). The number of para-hydroxylation sites is 1. The first-order valence-corrected chi connectivity index (χ1v) is 8.45. The van der Waals surface area contributed by atoms with Crippen LogP contribution in [0.5, 0.6) is 0 Å². The number of rotatable bonds is 5. The van der Waals surface area contributed by atoms with Crippen LogP contribution >= 0.6 is 0 Å². The zero-order chi connectivity index (χ0) is 17.9. The molecule has 0 bridgehead atoms. The molecule has 4 rings (SSSR count). The minimum atomic E-state index is -0.204. The summed E-state index contributed by atoms with van der Waals surface area (Å²) in [4.78, 5) is 20.2. The van der Waals surface area contributed by atoms with Gasteiger partial charge in [0, 0.05) is 29.8 Å². The molecule has 0 fully saturated rings. The van der Waals surface area contributed by atoms with Crippen LogP contribution in [0.1, 0.15) is 21.7 Å². The van der Waals surface area contributed by atoms with Crippen molar-refractivity contribution in [3.63, 3.8) is 0 Å². The maximum atomic E-state index is 12.7. The molecule has 0 unspecified atom stereocenters. The van der Waals surface area contributed by atoms with Gasteiger partial charge >= 0.3 is 0 Å². The molecule has 6 nitrogen and oxygen atoms in total. The second-order valence-electron chi connectivity index (χ2n) is 6.04. The van der Waals surface area contributed by atoms with Crippen LogP contribution in [0.15, 0.2) is 59.4 Å². The monoisotopic (exact) mass is 346 g/mol. The van der Waals surface area contributed by atoms with Crippen LogP contribution in [0.25, 0.3) is 22.3 Å². The number of benzene rings is 1. The molecule has 0 spiro atoms. The highest BCUT2D eigenvalue weighted by molar-refractivity contribution is 6.00. The van der Waals surface area contributed by atoms with Crippen molar-refractivity contribution in [3.05, 3.63) is 71.7 Å². The second kappa shape index (κ2) is 6.84. The van der Waals surface area contributed by atoms with Crippen LogP contribution in [-0.2, 0) is 6.42 Å². The van der Waals surface area contributed by atoms with Crippen molar-refractivity contribution in [1.29, 1.82) is 0 Å². The highest BCUT2D eigenvalue weighted by Gasteiger charge is 2.22. The number of hydrogen-bond acceptors (Lipinski definition) is 4. The molecule has 0 radical (unpaired) electrons. The topological polar surface area (TPSA) is 83.8 Å². The Balaban J connectivity index is 1.48. The third-order valence-electron chi connectivity index (χ3n) is 4.35. The molecule has 0 aliphatic heterocycles. The normalized spacial score (nSPS) is 11.0. The van der Waals surface area contributed by atoms with Gasteiger partial charge in [0.25, 0.3) is 5.91 Å². The summed E-state index contributed by atoms with van der Waals surface area (Å²) < 4.78 is 5.23. The number of nitrogens with one attached hydrogen (secondary N) is 2. The van der Waals surface area contributed by atoms with Gasteiger partial charge in [0.1, 0.15) is 17.0 Å². The van der Waals surface area contributed by atoms with E-state index in [1.807, 2.05) is 36.5 Å². The molecule has 6 heteroatoms. The largest absolute Gasteiger partial charge is 0.361 e. The van der Waals surface area contributed by atoms with Gasteiger partial charge in [0.15, 0.2) is 0 Å². The van der Waals surface area contributed by atoms with E-state index in [4.69, 9.17) is 4.52 Å². The van der Waals surface area contributed by atoms with Crippen molar-refractivity contribution in [1.82, 2.24) is 20.4 Å². The van der Waals surface area contributed by atoms with Crippen LogP contribution < -0.4 is 5.32 Å². The number of pyridine rings is 1. The first kappa shape index (κ1) is 16.1. The van der Waals surface area contributed by atoms with Gasteiger partial charge in [-0.3, -0.25) is 9.78 Å². The zero-order valence-electron chi connectivity index (χ0n) is 14.3. The molecule has 1 aromatic carbocycles. The number of carbonyl (C=O) groups excluding carboxylic acids is 1. The smallest absolute Gasteiger partial charge is 0.257 e. The van der Waals surface area contributed by atoms with Gasteiger partial charge in [-0.25, -0.2) is 0 Å². The van der Waals surface area contributed by atoms with Crippen LogP contribution in [0.4, 0.5) is 0 Å². The van der Waals surface area contributed by atoms with Gasteiger partial charge in [-0.1, -0.05) is 29.4 Å². The van der Waals surface area contributed by atoms with Gasteiger partial charge in [0.2, 0.25) is 0 Å². The van der Waals surface area contributed by atoms with E-state index in [1.54, 1.807) is 19.2 Å². The van der Waals surface area contributed by atoms with Crippen LogP contribution in [-0.4, -0.2) is 27.6 Å². The SMILES string of the molecule is Cc1onc(-c2ccccn2)c1C(=O)NCCc1c[nH]c2ccccc12. The molecule has 26 heavy (non-hydrogen) atoms. The molecule has 0 aliphatic carbocycles. The summed E-state index contributed by atoms with van der Waals surface area (Å²) in [5.41, 5.74) is 3.79. The Morgan fingerprint density at radius 2 is 2.04 bits per heavy atom. The summed E-state index contributed by atoms with van der Waals surface area (Å²) >= 11 is 0. The maximum absolute atomic E-state index is 12.7. The summed E-state index contributed by atoms with van der Waals surface area (Å²) in [7, 11) is 0. The summed E-state index contributed by atoms with van der Waals surface area (Å²) in [6.45, 7) is 2.25. The highest BCUT2D eigenvalue weighted by Crippen LogP contribution is 2.23. The molecule has 0 aliphatic rings. The Morgan fingerprint density at radius 3 is 2.88 bits per heavy atom. The van der Waals surface area contributed by atoms with E-state index in [1.165, 1.54) is 10.9 Å². The lowest BCUT2D eigenvalue weighted by atomic mass is 10.1. The van der Waals surface area contributed by atoms with E-state index in [9.17, 15) is 4.79 Å². The number of hydrogen-bond donors (Lipinski definition) is 2. The average molecular weight is 346 g/mol. The minimum absolute atomic E-state index is 0.204. The molecule has 4 aromatic rings. The van der Waals surface area contributed by atoms with Crippen molar-refractivity contribution in [2.24, 2.45) is 0 Å². The number of aryl methyl sites for hydroxylation is 1. The van der Waals surface area contributed by atoms with Crippen LogP contribution in [0, 0.1) is 6.92 Å². The Bertz CT molecular complexity index is 1050. The highest BCUT2D eigenvalue weighted by atomic mass is 16.5. The number of amides is 1. The zero-order valence-corrected chi connectivity index (χ0v) is 14.3. The quantitative estimate of drug-likeness (QED) is 0.579. The number of H-pyrrole nitrogens is 1. The third kappa shape index (κ3) is 2.97. The molecule has 3 heterocycles. The number of fused-ring (bicyclic) bond motifs is 1. The van der Waals surface area contributed by atoms with E-state index in [2.05, 4.69) is 26.5 Å². The second-order valence-corrected chi connectivity index (χ2v) is 6.04. The fourth-order valence-corrected chi connectivity index (χ4v) is 3.05. The van der Waals surface area contributed by atoms with Crippen molar-refractivity contribution >= 4 is 16.8 Å². The number of nitrogens with zero attached hydrogens (tertiary/aromatic N) is 2. The first-order chi connectivity index (χ1) is 12.7. The fourth-order valence-electron chi connectivity index (χ4n) is 3.05. The minimum Gasteiger partial charge on any atom is -0.361 e. The van der Waals surface area contributed by atoms with Crippen molar-refractivity contribution in [2.45, 2.75) is 13.3 Å². The lowest BCUT2D eigenvalue weighted by Crippen LogP contribution is -2.26. The van der Waals surface area contributed by atoms with Gasteiger partial charge in [-0.15, -0.1) is 0 Å². The van der Waals surface area contributed by atoms with Crippen molar-refractivity contribution in [3.8, 4) is 11.4 Å². The molecule has 2 N–H and O–H groups in total. The average Bonchev–Trinajstić information content (AvgIpc) is 3.26. The van der Waals surface area contributed by atoms with Crippen molar-refractivity contribution < 1.29 is 9.32 Å². The molecule has 0 saturated carbocycles. The van der Waals surface area contributed by atoms with E-state index in [-0.39, 0.29) is 5.91 Å². The maximum Gasteiger partial charge on any atom is 0.257 e. The van der Waals surface area contributed by atoms with Crippen LogP contribution in [0.2, 0.25) is 0 Å².